The van der Waals surface area contributed by atoms with Crippen molar-refractivity contribution in [2.24, 2.45) is 0 Å². The van der Waals surface area contributed by atoms with Crippen LogP contribution in [0, 0.1) is 0 Å². The second-order valence-electron chi connectivity index (χ2n) is 6.76. The van der Waals surface area contributed by atoms with Gasteiger partial charge in [0.15, 0.2) is 5.82 Å². The molecule has 1 aliphatic rings. The first-order chi connectivity index (χ1) is 12.1. The number of amides is 1. The van der Waals surface area contributed by atoms with Gasteiger partial charge in [-0.05, 0) is 45.5 Å². The average molecular weight is 342 g/mol. The van der Waals surface area contributed by atoms with E-state index in [2.05, 4.69) is 20.0 Å². The quantitative estimate of drug-likeness (QED) is 0.768. The van der Waals surface area contributed by atoms with E-state index in [1.807, 2.05) is 42.0 Å². The summed E-state index contributed by atoms with van der Waals surface area (Å²) in [6, 6.07) is 3.85. The van der Waals surface area contributed by atoms with Crippen molar-refractivity contribution >= 4 is 5.91 Å². The molecule has 1 amide bonds. The first kappa shape index (κ1) is 17.5. The Morgan fingerprint density at radius 2 is 2.24 bits per heavy atom. The number of carbonyl (C=O) groups excluding carboxylic acids is 1. The summed E-state index contributed by atoms with van der Waals surface area (Å²) in [6.07, 6.45) is 8.77. The van der Waals surface area contributed by atoms with Crippen LogP contribution in [0.15, 0.2) is 30.7 Å². The highest BCUT2D eigenvalue weighted by Gasteiger charge is 2.31. The van der Waals surface area contributed by atoms with Crippen LogP contribution < -0.4 is 0 Å². The van der Waals surface area contributed by atoms with Crippen molar-refractivity contribution in [3.8, 4) is 0 Å². The highest BCUT2D eigenvalue weighted by atomic mass is 16.2. The smallest absolute Gasteiger partial charge is 0.223 e. The minimum absolute atomic E-state index is 0.0133. The molecule has 3 heterocycles. The van der Waals surface area contributed by atoms with Crippen molar-refractivity contribution in [3.63, 3.8) is 0 Å². The first-order valence-electron chi connectivity index (χ1n) is 8.87. The number of rotatable bonds is 7. The van der Waals surface area contributed by atoms with Gasteiger partial charge < -0.3 is 9.80 Å². The van der Waals surface area contributed by atoms with Crippen LogP contribution in [0.1, 0.15) is 43.2 Å². The summed E-state index contributed by atoms with van der Waals surface area (Å²) < 4.78 is 1.86. The van der Waals surface area contributed by atoms with Gasteiger partial charge in [0.2, 0.25) is 5.91 Å². The molecule has 3 rings (SSSR count). The van der Waals surface area contributed by atoms with Crippen LogP contribution in [0.5, 0.6) is 0 Å². The molecule has 1 fully saturated rings. The number of carbonyl (C=O) groups is 1. The Kier molecular flexibility index (Phi) is 5.75. The lowest BCUT2D eigenvalue weighted by molar-refractivity contribution is -0.132. The zero-order chi connectivity index (χ0) is 17.6. The lowest BCUT2D eigenvalue weighted by Gasteiger charge is -2.24. The second-order valence-corrected chi connectivity index (χ2v) is 6.76. The summed E-state index contributed by atoms with van der Waals surface area (Å²) >= 11 is 0. The molecule has 25 heavy (non-hydrogen) atoms. The van der Waals surface area contributed by atoms with Gasteiger partial charge in [0.1, 0.15) is 0 Å². The van der Waals surface area contributed by atoms with E-state index in [0.717, 1.165) is 50.4 Å². The molecule has 1 aliphatic heterocycles. The maximum absolute atomic E-state index is 12.7. The molecule has 0 bridgehead atoms. The van der Waals surface area contributed by atoms with Gasteiger partial charge in [0.25, 0.3) is 0 Å². The number of aryl methyl sites for hydroxylation is 1. The molecule has 1 unspecified atom stereocenters. The molecule has 134 valence electrons. The number of nitrogens with zero attached hydrogens (tertiary/aromatic N) is 6. The third-order valence-corrected chi connectivity index (χ3v) is 4.42. The lowest BCUT2D eigenvalue weighted by Crippen LogP contribution is -2.31. The molecule has 1 atom stereocenters. The van der Waals surface area contributed by atoms with Crippen LogP contribution in [-0.4, -0.2) is 56.1 Å². The normalized spacial score (nSPS) is 17.4. The Hall–Kier alpha value is -2.28. The summed E-state index contributed by atoms with van der Waals surface area (Å²) in [5.41, 5.74) is 0.994. The summed E-state index contributed by atoms with van der Waals surface area (Å²) in [4.78, 5) is 25.8. The summed E-state index contributed by atoms with van der Waals surface area (Å²) in [5.74, 6) is 0.966. The van der Waals surface area contributed by atoms with Crippen LogP contribution in [0.25, 0.3) is 0 Å². The number of hydrogen-bond donors (Lipinski definition) is 0. The Morgan fingerprint density at radius 1 is 1.36 bits per heavy atom. The fraction of sp³-hybridized carbons (Fsp3) is 0.556. The first-order valence-corrected chi connectivity index (χ1v) is 8.87. The van der Waals surface area contributed by atoms with Crippen molar-refractivity contribution in [1.82, 2.24) is 29.5 Å². The Labute approximate surface area is 148 Å². The van der Waals surface area contributed by atoms with E-state index in [0.29, 0.717) is 6.42 Å². The predicted octanol–water partition coefficient (Wildman–Crippen LogP) is 1.88. The highest BCUT2D eigenvalue weighted by Crippen LogP contribution is 2.30. The number of likely N-dealkylation sites (tertiary alicyclic amines) is 1. The lowest BCUT2D eigenvalue weighted by atomic mass is 10.2. The van der Waals surface area contributed by atoms with Crippen LogP contribution in [0.2, 0.25) is 0 Å². The molecular formula is C18H26N6O. The molecule has 0 spiro atoms. The van der Waals surface area contributed by atoms with Gasteiger partial charge in [-0.3, -0.25) is 9.48 Å². The van der Waals surface area contributed by atoms with Crippen LogP contribution in [0.4, 0.5) is 0 Å². The minimum atomic E-state index is 0.0133. The molecule has 2 aromatic heterocycles. The third kappa shape index (κ3) is 4.63. The molecule has 1 saturated heterocycles. The number of hydrogen-bond acceptors (Lipinski definition) is 5. The molecule has 0 aliphatic carbocycles. The zero-order valence-electron chi connectivity index (χ0n) is 15.0. The summed E-state index contributed by atoms with van der Waals surface area (Å²) in [7, 11) is 4.04. The van der Waals surface area contributed by atoms with Gasteiger partial charge in [-0.25, -0.2) is 9.97 Å². The maximum atomic E-state index is 12.7. The minimum Gasteiger partial charge on any atom is -0.332 e. The van der Waals surface area contributed by atoms with E-state index in [1.165, 1.54) is 0 Å². The van der Waals surface area contributed by atoms with Crippen molar-refractivity contribution in [1.29, 1.82) is 0 Å². The second kappa shape index (κ2) is 8.20. The molecule has 7 heteroatoms. The van der Waals surface area contributed by atoms with Crippen LogP contribution in [0.3, 0.4) is 0 Å². The predicted molar refractivity (Wildman–Crippen MR) is 94.6 cm³/mol. The SMILES string of the molecule is CN(C)Cc1ccnc(C2CCCN2C(=O)CCCn2cccn2)n1. The van der Waals surface area contributed by atoms with Gasteiger partial charge in [-0.2, -0.15) is 5.10 Å². The van der Waals surface area contributed by atoms with Gasteiger partial charge in [0.05, 0.1) is 11.7 Å². The standard InChI is InChI=1S/C18H26N6O/c1-22(2)14-15-8-10-19-18(21-15)16-6-3-13-24(16)17(25)7-4-11-23-12-5-9-20-23/h5,8-10,12,16H,3-4,6-7,11,13-14H2,1-2H3. The average Bonchev–Trinajstić information content (AvgIpc) is 3.26. The van der Waals surface area contributed by atoms with Crippen molar-refractivity contribution in [3.05, 3.63) is 42.2 Å². The van der Waals surface area contributed by atoms with Crippen molar-refractivity contribution in [2.45, 2.75) is 44.8 Å². The molecule has 2 aromatic rings. The van der Waals surface area contributed by atoms with Gasteiger partial charge in [0, 0.05) is 44.6 Å². The van der Waals surface area contributed by atoms with E-state index in [4.69, 9.17) is 0 Å². The molecule has 0 radical (unpaired) electrons. The monoisotopic (exact) mass is 342 g/mol. The van der Waals surface area contributed by atoms with Crippen molar-refractivity contribution < 1.29 is 4.79 Å². The fourth-order valence-electron chi connectivity index (χ4n) is 3.29. The maximum Gasteiger partial charge on any atom is 0.223 e. The Morgan fingerprint density at radius 3 is 3.00 bits per heavy atom. The molecule has 7 nitrogen and oxygen atoms in total. The van der Waals surface area contributed by atoms with Crippen LogP contribution >= 0.6 is 0 Å². The van der Waals surface area contributed by atoms with Crippen LogP contribution in [-0.2, 0) is 17.9 Å². The topological polar surface area (TPSA) is 67.2 Å². The van der Waals surface area contributed by atoms with Gasteiger partial charge in [-0.1, -0.05) is 0 Å². The van der Waals surface area contributed by atoms with E-state index in [-0.39, 0.29) is 11.9 Å². The fourth-order valence-corrected chi connectivity index (χ4v) is 3.29. The Balaban J connectivity index is 1.60. The largest absolute Gasteiger partial charge is 0.332 e. The van der Waals surface area contributed by atoms with E-state index < -0.39 is 0 Å². The zero-order valence-corrected chi connectivity index (χ0v) is 15.0. The highest BCUT2D eigenvalue weighted by molar-refractivity contribution is 5.76. The molecule has 0 aromatic carbocycles. The van der Waals surface area contributed by atoms with E-state index >= 15 is 0 Å². The molecule has 0 N–H and O–H groups in total. The molecular weight excluding hydrogens is 316 g/mol. The van der Waals surface area contributed by atoms with Gasteiger partial charge >= 0.3 is 0 Å². The third-order valence-electron chi connectivity index (χ3n) is 4.42. The molecule has 0 saturated carbocycles. The van der Waals surface area contributed by atoms with Crippen molar-refractivity contribution in [2.75, 3.05) is 20.6 Å². The Bertz CT molecular complexity index is 685. The summed E-state index contributed by atoms with van der Waals surface area (Å²) in [5, 5.41) is 4.17. The number of aromatic nitrogens is 4. The summed E-state index contributed by atoms with van der Waals surface area (Å²) in [6.45, 7) is 2.35. The van der Waals surface area contributed by atoms with E-state index in [1.54, 1.807) is 12.4 Å². The van der Waals surface area contributed by atoms with E-state index in [9.17, 15) is 4.79 Å². The van der Waals surface area contributed by atoms with Gasteiger partial charge in [-0.15, -0.1) is 0 Å².